The molecule has 32 heavy (non-hydrogen) atoms. The van der Waals surface area contributed by atoms with Crippen LogP contribution in [0.5, 0.6) is 0 Å². The Morgan fingerprint density at radius 1 is 1.12 bits per heavy atom. The summed E-state index contributed by atoms with van der Waals surface area (Å²) in [6.45, 7) is 6.09. The number of carboxylic acid groups (broad SMARTS) is 1. The van der Waals surface area contributed by atoms with Crippen LogP contribution in [0.15, 0.2) is 0 Å². The average molecular weight is 454 g/mol. The Morgan fingerprint density at radius 3 is 2.56 bits per heavy atom. The average Bonchev–Trinajstić information content (AvgIpc) is 3.13. The lowest BCUT2D eigenvalue weighted by molar-refractivity contribution is -0.174. The summed E-state index contributed by atoms with van der Waals surface area (Å²) < 4.78 is 34.2. The Kier molecular flexibility index (Phi) is 5.34. The maximum absolute atomic E-state index is 12.1. The highest BCUT2D eigenvalue weighted by atomic mass is 16.4. The van der Waals surface area contributed by atoms with E-state index in [0.717, 1.165) is 25.7 Å². The predicted molar refractivity (Wildman–Crippen MR) is 122 cm³/mol. The Labute approximate surface area is 198 Å². The van der Waals surface area contributed by atoms with Crippen molar-refractivity contribution in [3.63, 3.8) is 0 Å². The molecule has 6 nitrogen and oxygen atoms in total. The van der Waals surface area contributed by atoms with Gasteiger partial charge >= 0.3 is 5.97 Å². The first-order valence-electron chi connectivity index (χ1n) is 14.4. The van der Waals surface area contributed by atoms with Crippen LogP contribution in [0.4, 0.5) is 0 Å². The van der Waals surface area contributed by atoms with Crippen molar-refractivity contribution >= 4 is 11.9 Å². The van der Waals surface area contributed by atoms with E-state index in [4.69, 9.17) is 10.6 Å². The summed E-state index contributed by atoms with van der Waals surface area (Å²) in [5.74, 6) is -1.04. The van der Waals surface area contributed by atoms with Gasteiger partial charge in [-0.3, -0.25) is 9.59 Å². The molecule has 0 bridgehead atoms. The molecular weight excluding hydrogens is 406 g/mol. The lowest BCUT2D eigenvalue weighted by Gasteiger charge is -2.62. The topological polar surface area (TPSA) is 107 Å². The second kappa shape index (κ2) is 8.90. The number of carbonyl (C=O) groups excluding carboxylic acids is 1. The zero-order valence-electron chi connectivity index (χ0n) is 23.6. The molecule has 4 aliphatic rings. The molecule has 4 rings (SSSR count). The van der Waals surface area contributed by atoms with Crippen molar-refractivity contribution in [3.8, 4) is 0 Å². The van der Waals surface area contributed by atoms with Gasteiger partial charge in [-0.25, -0.2) is 0 Å². The van der Waals surface area contributed by atoms with E-state index in [1.165, 1.54) is 0 Å². The molecule has 0 heterocycles. The Morgan fingerprint density at radius 2 is 1.84 bits per heavy atom. The van der Waals surface area contributed by atoms with Gasteiger partial charge in [-0.05, 0) is 104 Å². The van der Waals surface area contributed by atoms with E-state index in [1.54, 1.807) is 0 Å². The maximum atomic E-state index is 12.1. The highest BCUT2D eigenvalue weighted by Gasteiger charge is 2.62. The zero-order valence-corrected chi connectivity index (χ0v) is 19.6. The Balaban J connectivity index is 1.52. The number of aliphatic hydroxyl groups is 2. The number of nitrogens with one attached hydrogen (secondary N) is 1. The van der Waals surface area contributed by atoms with Crippen molar-refractivity contribution in [3.05, 3.63) is 0 Å². The number of amides is 1. The maximum Gasteiger partial charge on any atom is 0.322 e. The molecule has 0 aromatic heterocycles. The summed E-state index contributed by atoms with van der Waals surface area (Å²) in [7, 11) is 0. The quantitative estimate of drug-likeness (QED) is 0.492. The van der Waals surface area contributed by atoms with Gasteiger partial charge in [0.1, 0.15) is 6.54 Å². The first-order valence-corrected chi connectivity index (χ1v) is 12.4. The van der Waals surface area contributed by atoms with Gasteiger partial charge < -0.3 is 20.6 Å². The number of aliphatic hydroxyl groups excluding tert-OH is 2. The van der Waals surface area contributed by atoms with Crippen LogP contribution in [-0.4, -0.2) is 45.9 Å². The van der Waals surface area contributed by atoms with Crippen LogP contribution in [0.2, 0.25) is 0 Å². The van der Waals surface area contributed by atoms with Crippen LogP contribution in [-0.2, 0) is 9.59 Å². The zero-order chi connectivity index (χ0) is 26.8. The van der Waals surface area contributed by atoms with Gasteiger partial charge in [0.15, 0.2) is 0 Å². The highest BCUT2D eigenvalue weighted by molar-refractivity contribution is 5.81. The molecule has 1 unspecified atom stereocenters. The second-order valence-corrected chi connectivity index (χ2v) is 11.5. The summed E-state index contributed by atoms with van der Waals surface area (Å²) >= 11 is 0. The number of fused-ring (bicyclic) bond motifs is 5. The molecule has 4 aliphatic carbocycles. The lowest BCUT2D eigenvalue weighted by atomic mass is 9.43. The molecule has 4 saturated carbocycles. The van der Waals surface area contributed by atoms with Crippen molar-refractivity contribution in [1.29, 1.82) is 0 Å². The van der Waals surface area contributed by atoms with E-state index >= 15 is 0 Å². The van der Waals surface area contributed by atoms with Gasteiger partial charge in [-0.1, -0.05) is 20.8 Å². The molecule has 4 fully saturated rings. The molecule has 182 valence electrons. The predicted octanol–water partition coefficient (Wildman–Crippen LogP) is 3.59. The number of hydrogen-bond acceptors (Lipinski definition) is 4. The van der Waals surface area contributed by atoms with Crippen molar-refractivity contribution in [1.82, 2.24) is 5.32 Å². The molecule has 4 N–H and O–H groups in total. The van der Waals surface area contributed by atoms with Gasteiger partial charge in [0.25, 0.3) is 0 Å². The van der Waals surface area contributed by atoms with Crippen molar-refractivity contribution in [2.75, 3.05) is 6.54 Å². The normalized spacial score (nSPS) is 51.5. The molecular formula is C26H43NO5. The van der Waals surface area contributed by atoms with Gasteiger partial charge in [0.05, 0.1) is 12.2 Å². The first-order chi connectivity index (χ1) is 16.6. The molecule has 1 amide bonds. The highest BCUT2D eigenvalue weighted by Crippen LogP contribution is 2.68. The minimum Gasteiger partial charge on any atom is -0.480 e. The van der Waals surface area contributed by atoms with E-state index in [0.29, 0.717) is 12.3 Å². The van der Waals surface area contributed by atoms with E-state index in [-0.39, 0.29) is 60.8 Å². The van der Waals surface area contributed by atoms with E-state index < -0.39 is 42.3 Å². The Bertz CT molecular complexity index is 886. The summed E-state index contributed by atoms with van der Waals surface area (Å²) in [6, 6.07) is 0. The van der Waals surface area contributed by atoms with Crippen LogP contribution in [0.3, 0.4) is 0 Å². The standard InChI is InChI=1S/C26H43NO5/c1-15(4-7-22(30)27-14-23(31)32)18-5-6-19-24-20(9-11-26(18,19)3)25(2)10-8-17(28)12-16(25)13-21(24)29/h15-21,24,28-29H,4-14H2,1-3H3,(H,27,30)(H,31,32)/t15-,16?,17-,18-,19+,20+,21-,24+,25+,26-/m1/s1/i8D2,12D2. The summed E-state index contributed by atoms with van der Waals surface area (Å²) in [6.07, 6.45) is -1.53. The van der Waals surface area contributed by atoms with E-state index in [1.807, 2.05) is 6.92 Å². The minimum atomic E-state index is -2.10. The third kappa shape index (κ3) is 4.11. The van der Waals surface area contributed by atoms with Gasteiger partial charge in [0, 0.05) is 11.9 Å². The first kappa shape index (κ1) is 19.2. The van der Waals surface area contributed by atoms with Crippen LogP contribution < -0.4 is 5.32 Å². The molecule has 6 heteroatoms. The Hall–Kier alpha value is -1.14. The fourth-order valence-corrected chi connectivity index (χ4v) is 8.30. The van der Waals surface area contributed by atoms with Crippen LogP contribution in [0, 0.1) is 46.3 Å². The number of hydrogen-bond donors (Lipinski definition) is 4. The van der Waals surface area contributed by atoms with Crippen LogP contribution >= 0.6 is 0 Å². The number of carboxylic acids is 1. The smallest absolute Gasteiger partial charge is 0.322 e. The summed E-state index contributed by atoms with van der Waals surface area (Å²) in [5.41, 5.74) is -0.655. The van der Waals surface area contributed by atoms with E-state index in [9.17, 15) is 19.8 Å². The monoisotopic (exact) mass is 453 g/mol. The molecule has 0 saturated heterocycles. The van der Waals surface area contributed by atoms with Gasteiger partial charge in [0.2, 0.25) is 5.91 Å². The van der Waals surface area contributed by atoms with Gasteiger partial charge in [-0.15, -0.1) is 0 Å². The summed E-state index contributed by atoms with van der Waals surface area (Å²) in [4.78, 5) is 22.8. The minimum absolute atomic E-state index is 0.00201. The third-order valence-electron chi connectivity index (χ3n) is 9.96. The van der Waals surface area contributed by atoms with E-state index in [2.05, 4.69) is 19.2 Å². The molecule has 10 atom stereocenters. The van der Waals surface area contributed by atoms with Crippen molar-refractivity contribution in [2.45, 2.75) is 97.1 Å². The van der Waals surface area contributed by atoms with Crippen LogP contribution in [0.1, 0.15) is 90.4 Å². The summed E-state index contributed by atoms with van der Waals surface area (Å²) in [5, 5.41) is 33.2. The largest absolute Gasteiger partial charge is 0.480 e. The molecule has 0 aliphatic heterocycles. The number of aliphatic carboxylic acids is 1. The van der Waals surface area contributed by atoms with Gasteiger partial charge in [-0.2, -0.15) is 0 Å². The fraction of sp³-hybridized carbons (Fsp3) is 0.923. The fourth-order valence-electron chi connectivity index (χ4n) is 8.30. The van der Waals surface area contributed by atoms with Crippen LogP contribution in [0.25, 0.3) is 0 Å². The molecule has 0 spiro atoms. The lowest BCUT2D eigenvalue weighted by Crippen LogP contribution is -2.58. The third-order valence-corrected chi connectivity index (χ3v) is 9.96. The SMILES string of the molecule is [2H]C1([2H])C[C@@]2(C)C(C[C@@H](O)[C@H]3[C@@H]4CC[C@H]([C@H](C)CCC(=O)NCC(=O)O)[C@@]4(C)CC[C@@H]32)C([2H])([2H])[C@@H]1O. The molecule has 0 aromatic carbocycles. The molecule has 0 radical (unpaired) electrons. The van der Waals surface area contributed by atoms with Crippen molar-refractivity contribution in [2.24, 2.45) is 46.3 Å². The second-order valence-electron chi connectivity index (χ2n) is 11.5. The molecule has 0 aromatic rings. The number of carbonyl (C=O) groups is 2. The van der Waals surface area contributed by atoms with Crippen molar-refractivity contribution < 1.29 is 30.4 Å². The number of rotatable bonds is 6.